The fraction of sp³-hybridized carbons (Fsp3) is 0.100. The minimum atomic E-state index is -1.12. The maximum atomic E-state index is 13.1. The van der Waals surface area contributed by atoms with Gasteiger partial charge >= 0.3 is 11.9 Å². The molecule has 0 spiro atoms. The topological polar surface area (TPSA) is 79.2 Å². The standard InChI is InChI=1S/C10H7FN2O3/c1-16-10(15)9(14)13-8-4-2-3-7(11)6(8)5-12/h2-4H,1H3,(H,13,14). The minimum Gasteiger partial charge on any atom is -0.462 e. The summed E-state index contributed by atoms with van der Waals surface area (Å²) in [4.78, 5) is 21.9. The van der Waals surface area contributed by atoms with Crippen molar-refractivity contribution in [3.63, 3.8) is 0 Å². The number of methoxy groups -OCH3 is 1. The Kier molecular flexibility index (Phi) is 3.56. The van der Waals surface area contributed by atoms with Gasteiger partial charge in [0.25, 0.3) is 0 Å². The highest BCUT2D eigenvalue weighted by molar-refractivity contribution is 6.37. The molecule has 5 nitrogen and oxygen atoms in total. The Bertz CT molecular complexity index is 479. The number of carbonyl (C=O) groups is 2. The Balaban J connectivity index is 2.99. The number of nitriles is 1. The van der Waals surface area contributed by atoms with Crippen LogP contribution in [-0.4, -0.2) is 19.0 Å². The first-order valence-electron chi connectivity index (χ1n) is 4.18. The third-order valence-electron chi connectivity index (χ3n) is 1.74. The minimum absolute atomic E-state index is 0.0714. The molecule has 0 saturated heterocycles. The Morgan fingerprint density at radius 1 is 1.50 bits per heavy atom. The van der Waals surface area contributed by atoms with Crippen LogP contribution in [0.1, 0.15) is 5.56 Å². The fourth-order valence-corrected chi connectivity index (χ4v) is 1.01. The fourth-order valence-electron chi connectivity index (χ4n) is 1.01. The van der Waals surface area contributed by atoms with Crippen molar-refractivity contribution in [2.75, 3.05) is 12.4 Å². The van der Waals surface area contributed by atoms with Gasteiger partial charge in [0.1, 0.15) is 17.4 Å². The third kappa shape index (κ3) is 2.33. The highest BCUT2D eigenvalue weighted by Crippen LogP contribution is 2.17. The van der Waals surface area contributed by atoms with Gasteiger partial charge in [0.2, 0.25) is 0 Å². The van der Waals surface area contributed by atoms with Crippen LogP contribution in [0, 0.1) is 17.1 Å². The van der Waals surface area contributed by atoms with Gasteiger partial charge in [-0.25, -0.2) is 9.18 Å². The lowest BCUT2D eigenvalue weighted by Gasteiger charge is -2.05. The number of hydrogen-bond acceptors (Lipinski definition) is 4. The number of esters is 1. The third-order valence-corrected chi connectivity index (χ3v) is 1.74. The van der Waals surface area contributed by atoms with Crippen molar-refractivity contribution in [3.05, 3.63) is 29.6 Å². The van der Waals surface area contributed by atoms with E-state index in [9.17, 15) is 14.0 Å². The van der Waals surface area contributed by atoms with E-state index in [1.165, 1.54) is 12.1 Å². The summed E-state index contributed by atoms with van der Waals surface area (Å²) in [5.74, 6) is -2.96. The van der Waals surface area contributed by atoms with Crippen LogP contribution in [0.25, 0.3) is 0 Å². The number of halogens is 1. The van der Waals surface area contributed by atoms with Crippen LogP contribution in [-0.2, 0) is 14.3 Å². The molecule has 1 aromatic carbocycles. The van der Waals surface area contributed by atoms with Gasteiger partial charge in [-0.1, -0.05) is 6.07 Å². The molecule has 1 aromatic rings. The second-order valence-electron chi connectivity index (χ2n) is 2.72. The van der Waals surface area contributed by atoms with Gasteiger partial charge in [0.15, 0.2) is 0 Å². The second kappa shape index (κ2) is 4.89. The number of nitrogens with one attached hydrogen (secondary N) is 1. The first kappa shape index (κ1) is 11.7. The van der Waals surface area contributed by atoms with E-state index in [1.54, 1.807) is 6.07 Å². The van der Waals surface area contributed by atoms with Crippen LogP contribution in [0.5, 0.6) is 0 Å². The van der Waals surface area contributed by atoms with Gasteiger partial charge < -0.3 is 10.1 Å². The van der Waals surface area contributed by atoms with Gasteiger partial charge in [-0.05, 0) is 12.1 Å². The predicted molar refractivity (Wildman–Crippen MR) is 51.8 cm³/mol. The number of benzene rings is 1. The maximum Gasteiger partial charge on any atom is 0.396 e. The molecular weight excluding hydrogens is 215 g/mol. The molecule has 0 atom stereocenters. The van der Waals surface area contributed by atoms with Crippen molar-refractivity contribution in [1.82, 2.24) is 0 Å². The van der Waals surface area contributed by atoms with Gasteiger partial charge in [-0.3, -0.25) is 4.79 Å². The molecule has 0 heterocycles. The zero-order valence-corrected chi connectivity index (χ0v) is 8.28. The molecular formula is C10H7FN2O3. The monoisotopic (exact) mass is 222 g/mol. The van der Waals surface area contributed by atoms with Crippen LogP contribution >= 0.6 is 0 Å². The van der Waals surface area contributed by atoms with Crippen LogP contribution in [0.3, 0.4) is 0 Å². The van der Waals surface area contributed by atoms with Crippen molar-refractivity contribution in [3.8, 4) is 6.07 Å². The molecule has 0 radical (unpaired) electrons. The van der Waals surface area contributed by atoms with Gasteiger partial charge in [-0.2, -0.15) is 5.26 Å². The molecule has 1 rings (SSSR count). The van der Waals surface area contributed by atoms with Crippen molar-refractivity contribution < 1.29 is 18.7 Å². The van der Waals surface area contributed by atoms with E-state index in [-0.39, 0.29) is 11.3 Å². The van der Waals surface area contributed by atoms with E-state index in [1.807, 2.05) is 0 Å². The molecule has 6 heteroatoms. The lowest BCUT2D eigenvalue weighted by Crippen LogP contribution is -2.24. The van der Waals surface area contributed by atoms with Crippen LogP contribution in [0.2, 0.25) is 0 Å². The maximum absolute atomic E-state index is 13.1. The van der Waals surface area contributed by atoms with E-state index in [2.05, 4.69) is 10.1 Å². The number of amides is 1. The Labute approximate surface area is 90.4 Å². The lowest BCUT2D eigenvalue weighted by atomic mass is 10.2. The first-order chi connectivity index (χ1) is 7.60. The molecule has 1 amide bonds. The summed E-state index contributed by atoms with van der Waals surface area (Å²) in [6, 6.07) is 5.28. The van der Waals surface area contributed by atoms with Crippen molar-refractivity contribution in [1.29, 1.82) is 5.26 Å². The lowest BCUT2D eigenvalue weighted by molar-refractivity contribution is -0.150. The molecule has 0 bridgehead atoms. The van der Waals surface area contributed by atoms with E-state index in [0.29, 0.717) is 0 Å². The molecule has 16 heavy (non-hydrogen) atoms. The molecule has 1 N–H and O–H groups in total. The SMILES string of the molecule is COC(=O)C(=O)Nc1cccc(F)c1C#N. The van der Waals surface area contributed by atoms with Gasteiger partial charge in [0, 0.05) is 0 Å². The van der Waals surface area contributed by atoms with E-state index < -0.39 is 17.7 Å². The van der Waals surface area contributed by atoms with Gasteiger partial charge in [0.05, 0.1) is 12.8 Å². The highest BCUT2D eigenvalue weighted by Gasteiger charge is 2.16. The normalized spacial score (nSPS) is 9.06. The highest BCUT2D eigenvalue weighted by atomic mass is 19.1. The van der Waals surface area contributed by atoms with Crippen molar-refractivity contribution in [2.24, 2.45) is 0 Å². The van der Waals surface area contributed by atoms with Gasteiger partial charge in [-0.15, -0.1) is 0 Å². The zero-order chi connectivity index (χ0) is 12.1. The largest absolute Gasteiger partial charge is 0.462 e. The first-order valence-corrected chi connectivity index (χ1v) is 4.18. The average molecular weight is 222 g/mol. The number of ether oxygens (including phenoxy) is 1. The summed E-state index contributed by atoms with van der Waals surface area (Å²) in [5, 5.41) is 10.7. The van der Waals surface area contributed by atoms with Crippen molar-refractivity contribution in [2.45, 2.75) is 0 Å². The smallest absolute Gasteiger partial charge is 0.396 e. The quantitative estimate of drug-likeness (QED) is 0.563. The second-order valence-corrected chi connectivity index (χ2v) is 2.72. The van der Waals surface area contributed by atoms with E-state index in [4.69, 9.17) is 5.26 Å². The molecule has 0 aromatic heterocycles. The summed E-state index contributed by atoms with van der Waals surface area (Å²) in [6.07, 6.45) is 0. The number of hydrogen-bond donors (Lipinski definition) is 1. The predicted octanol–water partition coefficient (Wildman–Crippen LogP) is 0.809. The molecule has 0 fully saturated rings. The summed E-state index contributed by atoms with van der Waals surface area (Å²) in [6.45, 7) is 0. The Morgan fingerprint density at radius 3 is 2.75 bits per heavy atom. The zero-order valence-electron chi connectivity index (χ0n) is 8.28. The Morgan fingerprint density at radius 2 is 2.19 bits per heavy atom. The van der Waals surface area contributed by atoms with E-state index >= 15 is 0 Å². The molecule has 0 aliphatic rings. The van der Waals surface area contributed by atoms with Crippen LogP contribution in [0.4, 0.5) is 10.1 Å². The average Bonchev–Trinajstić information content (AvgIpc) is 2.28. The van der Waals surface area contributed by atoms with E-state index in [0.717, 1.165) is 13.2 Å². The molecule has 0 aliphatic carbocycles. The summed E-state index contributed by atoms with van der Waals surface area (Å²) < 4.78 is 17.3. The van der Waals surface area contributed by atoms with Crippen LogP contribution < -0.4 is 5.32 Å². The van der Waals surface area contributed by atoms with Crippen LogP contribution in [0.15, 0.2) is 18.2 Å². The Hall–Kier alpha value is -2.42. The number of nitrogens with zero attached hydrogens (tertiary/aromatic N) is 1. The molecule has 0 saturated carbocycles. The number of anilines is 1. The number of carbonyl (C=O) groups excluding carboxylic acids is 2. The molecule has 82 valence electrons. The summed E-state index contributed by atoms with van der Waals surface area (Å²) in [7, 11) is 1.04. The van der Waals surface area contributed by atoms with Crippen molar-refractivity contribution >= 4 is 17.6 Å². The number of rotatable bonds is 1. The molecule has 0 aliphatic heterocycles. The summed E-state index contributed by atoms with van der Waals surface area (Å²) in [5.41, 5.74) is -0.405. The summed E-state index contributed by atoms with van der Waals surface area (Å²) >= 11 is 0. The molecule has 0 unspecified atom stereocenters.